The standard InChI is InChI=1S/C36H36N24O12.10H2O/c61-25-37-1-38-14-16-42(26(38)62)4-46-18-20-50(30(46)66)8-54-22-24-58(34(54)70)11-57-23-21-53(33(57)69)7-49-19-17-45(29(49)65)3-41(25)15-13(37)39-2-40(14)28(64)44(16)6-48(18)32(68)52(20)10-56(22)36(72)60(24)12-59(23)35(71)55(21)9-51(19)31(67)47(17)5-43(15)27(39)63;;;;;;;;;;/h13-24H,1-12H2;10*1H2. The van der Waals surface area contributed by atoms with Gasteiger partial charge in [0.05, 0.1) is 0 Å². The fourth-order valence-corrected chi connectivity index (χ4v) is 16.0. The van der Waals surface area contributed by atoms with Crippen LogP contribution in [-0.4, -0.2) is 399 Å². The van der Waals surface area contributed by atoms with E-state index in [0.717, 1.165) is 0 Å². The van der Waals surface area contributed by atoms with Crippen molar-refractivity contribution in [2.75, 3.05) is 80.0 Å². The second-order valence-corrected chi connectivity index (χ2v) is 21.3. The number of hydrogen-bond acceptors (Lipinski definition) is 12. The van der Waals surface area contributed by atoms with Crippen molar-refractivity contribution in [1.82, 2.24) is 118 Å². The van der Waals surface area contributed by atoms with Gasteiger partial charge in [0, 0.05) is 0 Å². The molecule has 0 unspecified atom stereocenters. The Morgan fingerprint density at radius 3 is 0.232 bits per heavy atom. The summed E-state index contributed by atoms with van der Waals surface area (Å²) in [5.74, 6) is 0. The van der Waals surface area contributed by atoms with E-state index in [1.807, 2.05) is 0 Å². The molecular weight excluding hydrogens is 1120 g/mol. The first-order valence-electron chi connectivity index (χ1n) is 23.6. The van der Waals surface area contributed by atoms with Gasteiger partial charge in [-0.15, -0.1) is 0 Å². The summed E-state index contributed by atoms with van der Waals surface area (Å²) in [6.45, 7) is -5.48. The number of carbonyl (C=O) groups excluding carboxylic acids is 12. The number of amides is 24. The third-order valence-corrected chi connectivity index (χ3v) is 18.8. The minimum absolute atomic E-state index is 0. The lowest BCUT2D eigenvalue weighted by molar-refractivity contribution is -0.0210. The molecule has 18 aliphatic rings. The van der Waals surface area contributed by atoms with Gasteiger partial charge >= 0.3 is 72.4 Å². The van der Waals surface area contributed by atoms with E-state index in [1.54, 1.807) is 0 Å². The van der Waals surface area contributed by atoms with E-state index in [1.165, 1.54) is 118 Å². The predicted octanol–water partition coefficient (Wildman–Crippen LogP) is -13.9. The molecule has 20 N–H and O–H groups in total. The zero-order valence-corrected chi connectivity index (χ0v) is 42.0. The van der Waals surface area contributed by atoms with Crippen molar-refractivity contribution in [1.29, 1.82) is 0 Å². The van der Waals surface area contributed by atoms with E-state index in [0.29, 0.717) is 0 Å². The molecule has 18 heterocycles. The van der Waals surface area contributed by atoms with Crippen molar-refractivity contribution in [2.24, 2.45) is 0 Å². The highest BCUT2D eigenvalue weighted by Gasteiger charge is 2.76. The maximum atomic E-state index is 15.1. The lowest BCUT2D eigenvalue weighted by Gasteiger charge is -2.42. The van der Waals surface area contributed by atoms with Crippen molar-refractivity contribution in [3.63, 3.8) is 0 Å². The highest BCUT2D eigenvalue weighted by atomic mass is 16.3. The van der Waals surface area contributed by atoms with E-state index in [2.05, 4.69) is 0 Å². The molecule has 0 aliphatic carbocycles. The summed E-state index contributed by atoms with van der Waals surface area (Å²) >= 11 is 0. The largest absolute Gasteiger partial charge is 0.412 e. The second-order valence-electron chi connectivity index (χ2n) is 21.3. The average molecular weight is 1180 g/mol. The molecule has 18 rings (SSSR count). The molecule has 0 radical (unpaired) electrons. The van der Waals surface area contributed by atoms with Crippen LogP contribution in [0, 0.1) is 0 Å². The summed E-state index contributed by atoms with van der Waals surface area (Å²) in [4.78, 5) is 213. The highest BCUT2D eigenvalue weighted by Crippen LogP contribution is 2.51. The number of hydrogen-bond donors (Lipinski definition) is 0. The lowest BCUT2D eigenvalue weighted by atomic mass is 10.2. The first-order valence-corrected chi connectivity index (χ1v) is 23.6. The van der Waals surface area contributed by atoms with Crippen molar-refractivity contribution < 1.29 is 112 Å². The Labute approximate surface area is 455 Å². The summed E-state index contributed by atoms with van der Waals surface area (Å²) in [7, 11) is 0. The minimum atomic E-state index is -1.16. The Kier molecular flexibility index (Phi) is 11.7. The first-order chi connectivity index (χ1) is 34.7. The molecule has 18 saturated heterocycles. The van der Waals surface area contributed by atoms with Gasteiger partial charge in [0.2, 0.25) is 0 Å². The van der Waals surface area contributed by atoms with Gasteiger partial charge in [-0.25, -0.2) is 57.5 Å². The molecule has 46 heteroatoms. The zero-order chi connectivity index (χ0) is 48.2. The Morgan fingerprint density at radius 1 is 0.134 bits per heavy atom. The maximum Gasteiger partial charge on any atom is 0.326 e. The van der Waals surface area contributed by atoms with Gasteiger partial charge in [-0.2, -0.15) is 0 Å². The molecule has 0 atom stereocenters. The van der Waals surface area contributed by atoms with E-state index in [-0.39, 0.29) is 54.8 Å². The third-order valence-electron chi connectivity index (χ3n) is 18.8. The summed E-state index contributed by atoms with van der Waals surface area (Å²) in [5.41, 5.74) is 0. The third kappa shape index (κ3) is 5.32. The van der Waals surface area contributed by atoms with E-state index < -0.39 is 226 Å². The van der Waals surface area contributed by atoms with Gasteiger partial charge in [0.15, 0.2) is 74.0 Å². The van der Waals surface area contributed by atoms with Crippen LogP contribution in [0.5, 0.6) is 0 Å². The molecule has 18 aliphatic heterocycles. The Balaban J connectivity index is 0.000000810. The first kappa shape index (κ1) is 57.5. The SMILES string of the molecule is O.O.O.O.O.O.O.O.O.O.O=C1N2CN3C(=O)N4CN5C(=O)N6CN7C(=O)N8CN9C(=O)N%10CN%11C(=O)N%12CN1C1C2N2CN%13C(=O)N(CN%14C(=O)N(CN%15C(=O)N(CN%16C(=O)N(CN%17C(=O)N(CN1C2=O)C%12C%11%17)C%10C9%16)C8C7%15)C6C5%14)C4C3%13. The van der Waals surface area contributed by atoms with Crippen LogP contribution in [-0.2, 0) is 0 Å². The zero-order valence-electron chi connectivity index (χ0n) is 42.0. The molecule has 452 valence electrons. The smallest absolute Gasteiger partial charge is 0.326 e. The summed E-state index contributed by atoms with van der Waals surface area (Å²) < 4.78 is 0. The fraction of sp³-hybridized carbons (Fsp3) is 0.667. The molecule has 46 nitrogen and oxygen atoms in total. The topological polar surface area (TPSA) is 598 Å². The van der Waals surface area contributed by atoms with Gasteiger partial charge in [-0.3, -0.25) is 118 Å². The number of rotatable bonds is 0. The molecule has 82 heavy (non-hydrogen) atoms. The van der Waals surface area contributed by atoms with Gasteiger partial charge in [0.25, 0.3) is 0 Å². The Morgan fingerprint density at radius 2 is 0.183 bits per heavy atom. The van der Waals surface area contributed by atoms with E-state index in [4.69, 9.17) is 0 Å². The summed E-state index contributed by atoms with van der Waals surface area (Å²) in [5, 5.41) is 0. The second kappa shape index (κ2) is 16.7. The minimum Gasteiger partial charge on any atom is -0.412 e. The van der Waals surface area contributed by atoms with E-state index in [9.17, 15) is 0 Å². The number of nitrogens with zero attached hydrogens (tertiary/aromatic N) is 24. The molecule has 24 amide bonds. The van der Waals surface area contributed by atoms with Crippen molar-refractivity contribution in [2.45, 2.75) is 74.0 Å². The van der Waals surface area contributed by atoms with Crippen LogP contribution < -0.4 is 0 Å². The van der Waals surface area contributed by atoms with E-state index >= 15 is 57.5 Å². The van der Waals surface area contributed by atoms with Gasteiger partial charge in [0.1, 0.15) is 80.0 Å². The number of urea groups is 12. The predicted molar refractivity (Wildman–Crippen MR) is 249 cm³/mol. The monoisotopic (exact) mass is 1180 g/mol. The van der Waals surface area contributed by atoms with Crippen LogP contribution in [0.2, 0.25) is 0 Å². The molecule has 0 aromatic carbocycles. The van der Waals surface area contributed by atoms with Gasteiger partial charge < -0.3 is 54.8 Å². The Bertz CT molecular complexity index is 2160. The quantitative estimate of drug-likeness (QED) is 0.218. The van der Waals surface area contributed by atoms with Crippen LogP contribution in [0.3, 0.4) is 0 Å². The molecule has 0 saturated carbocycles. The number of carbonyl (C=O) groups is 12. The maximum absolute atomic E-state index is 15.1. The van der Waals surface area contributed by atoms with Crippen LogP contribution in [0.15, 0.2) is 0 Å². The van der Waals surface area contributed by atoms with Gasteiger partial charge in [-0.1, -0.05) is 0 Å². The molecule has 0 aromatic rings. The average Bonchev–Trinajstić information content (AvgIpc) is 4.29. The summed E-state index contributed by atoms with van der Waals surface area (Å²) in [6, 6.07) is -7.90. The molecule has 0 aromatic heterocycles. The van der Waals surface area contributed by atoms with Gasteiger partial charge in [-0.05, 0) is 0 Å². The molecule has 18 fully saturated rings. The lowest BCUT2D eigenvalue weighted by Crippen LogP contribution is -2.63. The summed E-state index contributed by atoms with van der Waals surface area (Å²) in [6.07, 6.45) is -13.9. The van der Waals surface area contributed by atoms with Crippen LogP contribution in [0.1, 0.15) is 0 Å². The van der Waals surface area contributed by atoms with Crippen LogP contribution in [0.4, 0.5) is 57.5 Å². The fourth-order valence-electron chi connectivity index (χ4n) is 16.0. The van der Waals surface area contributed by atoms with Crippen LogP contribution in [0.25, 0.3) is 0 Å². The molecule has 0 bridgehead atoms. The normalized spacial score (nSPS) is 35.4. The highest BCUT2D eigenvalue weighted by molar-refractivity contribution is 5.95. The molecule has 0 spiro atoms. The van der Waals surface area contributed by atoms with Crippen LogP contribution >= 0.6 is 0 Å². The van der Waals surface area contributed by atoms with Crippen molar-refractivity contribution in [3.05, 3.63) is 0 Å². The Hall–Kier alpha value is -9.16. The van der Waals surface area contributed by atoms with Crippen molar-refractivity contribution in [3.8, 4) is 0 Å². The van der Waals surface area contributed by atoms with Crippen molar-refractivity contribution >= 4 is 72.4 Å². The molecular formula is C36H56N24O22.